The molecule has 1 fully saturated rings. The fourth-order valence-corrected chi connectivity index (χ4v) is 1.83. The maximum Gasteiger partial charge on any atom is 0.257 e. The Morgan fingerprint density at radius 3 is 2.81 bits per heavy atom. The summed E-state index contributed by atoms with van der Waals surface area (Å²) < 4.78 is 19.1. The minimum atomic E-state index is -0.429. The van der Waals surface area contributed by atoms with Crippen LogP contribution >= 0.6 is 0 Å². The van der Waals surface area contributed by atoms with E-state index in [-0.39, 0.29) is 18.3 Å². The van der Waals surface area contributed by atoms with Gasteiger partial charge in [0.05, 0.1) is 0 Å². The summed E-state index contributed by atoms with van der Waals surface area (Å²) in [6.45, 7) is 5.11. The molecule has 0 spiro atoms. The van der Waals surface area contributed by atoms with Crippen LogP contribution in [0.25, 0.3) is 0 Å². The molecular formula is C16H23FN2O2. The lowest BCUT2D eigenvalue weighted by Gasteiger charge is -2.10. The summed E-state index contributed by atoms with van der Waals surface area (Å²) in [4.78, 5) is 11.5. The molecule has 116 valence electrons. The topological polar surface area (TPSA) is 50.4 Å². The zero-order valence-corrected chi connectivity index (χ0v) is 12.6. The van der Waals surface area contributed by atoms with Gasteiger partial charge in [-0.1, -0.05) is 19.9 Å². The quantitative estimate of drug-likeness (QED) is 0.773. The number of halogens is 1. The summed E-state index contributed by atoms with van der Waals surface area (Å²) in [5.41, 5.74) is 0.885. The van der Waals surface area contributed by atoms with Crippen LogP contribution in [-0.4, -0.2) is 25.1 Å². The third-order valence-electron chi connectivity index (χ3n) is 3.23. The Bertz CT molecular complexity index is 487. The first-order valence-corrected chi connectivity index (χ1v) is 7.46. The van der Waals surface area contributed by atoms with Crippen molar-refractivity contribution in [3.05, 3.63) is 29.6 Å². The van der Waals surface area contributed by atoms with E-state index in [9.17, 15) is 9.18 Å². The number of rotatable bonds is 8. The average molecular weight is 294 g/mol. The van der Waals surface area contributed by atoms with E-state index in [1.807, 2.05) is 19.9 Å². The van der Waals surface area contributed by atoms with Crippen molar-refractivity contribution >= 4 is 5.91 Å². The smallest absolute Gasteiger partial charge is 0.257 e. The molecule has 0 saturated heterocycles. The molecule has 0 aromatic heterocycles. The zero-order chi connectivity index (χ0) is 15.2. The van der Waals surface area contributed by atoms with Gasteiger partial charge in [0, 0.05) is 19.1 Å². The molecule has 4 nitrogen and oxygen atoms in total. The highest BCUT2D eigenvalue weighted by Crippen LogP contribution is 2.21. The van der Waals surface area contributed by atoms with E-state index in [1.54, 1.807) is 6.07 Å². The van der Waals surface area contributed by atoms with Crippen LogP contribution in [0.1, 0.15) is 32.3 Å². The van der Waals surface area contributed by atoms with Gasteiger partial charge in [0.25, 0.3) is 5.91 Å². The molecule has 1 aromatic rings. The molecule has 0 atom stereocenters. The number of carbonyl (C=O) groups excluding carboxylic acids is 1. The highest BCUT2D eigenvalue weighted by Gasteiger charge is 2.20. The van der Waals surface area contributed by atoms with Crippen molar-refractivity contribution in [2.45, 2.75) is 39.3 Å². The standard InChI is InChI=1S/C16H23FN2O2/c1-11(2)8-19-16(20)10-21-15-6-3-12(7-14(15)17)9-18-13-4-5-13/h3,6-7,11,13,18H,4-5,8-10H2,1-2H3,(H,19,20). The molecule has 0 radical (unpaired) electrons. The molecule has 1 amide bonds. The lowest BCUT2D eigenvalue weighted by atomic mass is 10.2. The average Bonchev–Trinajstić information content (AvgIpc) is 3.26. The summed E-state index contributed by atoms with van der Waals surface area (Å²) in [5.74, 6) is -0.168. The van der Waals surface area contributed by atoms with E-state index in [4.69, 9.17) is 4.74 Å². The predicted molar refractivity (Wildman–Crippen MR) is 79.6 cm³/mol. The lowest BCUT2D eigenvalue weighted by Crippen LogP contribution is -2.31. The van der Waals surface area contributed by atoms with Gasteiger partial charge in [-0.2, -0.15) is 0 Å². The van der Waals surface area contributed by atoms with Crippen LogP contribution < -0.4 is 15.4 Å². The van der Waals surface area contributed by atoms with Crippen LogP contribution in [0.15, 0.2) is 18.2 Å². The molecule has 1 aliphatic carbocycles. The summed E-state index contributed by atoms with van der Waals surface area (Å²) in [6.07, 6.45) is 2.41. The molecule has 0 unspecified atom stereocenters. The number of hydrogen-bond acceptors (Lipinski definition) is 3. The van der Waals surface area contributed by atoms with Crippen molar-refractivity contribution in [3.63, 3.8) is 0 Å². The van der Waals surface area contributed by atoms with Gasteiger partial charge in [-0.25, -0.2) is 4.39 Å². The SMILES string of the molecule is CC(C)CNC(=O)COc1ccc(CNC2CC2)cc1F. The second-order valence-corrected chi connectivity index (χ2v) is 5.91. The molecule has 1 aliphatic rings. The highest BCUT2D eigenvalue weighted by atomic mass is 19.1. The third kappa shape index (κ3) is 5.71. The first-order valence-electron chi connectivity index (χ1n) is 7.46. The van der Waals surface area contributed by atoms with Crippen LogP contribution in [0.5, 0.6) is 5.75 Å². The van der Waals surface area contributed by atoms with Gasteiger partial charge in [-0.05, 0) is 36.5 Å². The van der Waals surface area contributed by atoms with E-state index in [0.29, 0.717) is 25.0 Å². The predicted octanol–water partition coefficient (Wildman–Crippen LogP) is 2.23. The first-order chi connectivity index (χ1) is 10.0. The van der Waals surface area contributed by atoms with E-state index in [2.05, 4.69) is 10.6 Å². The fraction of sp³-hybridized carbons (Fsp3) is 0.562. The van der Waals surface area contributed by atoms with Crippen molar-refractivity contribution in [2.75, 3.05) is 13.2 Å². The molecule has 21 heavy (non-hydrogen) atoms. The van der Waals surface area contributed by atoms with Gasteiger partial charge in [0.1, 0.15) is 0 Å². The van der Waals surface area contributed by atoms with Crippen LogP contribution in [0.3, 0.4) is 0 Å². The van der Waals surface area contributed by atoms with Gasteiger partial charge in [-0.3, -0.25) is 4.79 Å². The largest absolute Gasteiger partial charge is 0.481 e. The number of ether oxygens (including phenoxy) is 1. The number of hydrogen-bond donors (Lipinski definition) is 2. The summed E-state index contributed by atoms with van der Waals surface area (Å²) in [5, 5.41) is 6.05. The maximum absolute atomic E-state index is 13.9. The second-order valence-electron chi connectivity index (χ2n) is 5.91. The third-order valence-corrected chi connectivity index (χ3v) is 3.23. The Hall–Kier alpha value is -1.62. The lowest BCUT2D eigenvalue weighted by molar-refractivity contribution is -0.123. The van der Waals surface area contributed by atoms with Crippen LogP contribution in [0, 0.1) is 11.7 Å². The summed E-state index contributed by atoms with van der Waals surface area (Å²) >= 11 is 0. The van der Waals surface area contributed by atoms with E-state index in [0.717, 1.165) is 5.56 Å². The molecular weight excluding hydrogens is 271 g/mol. The van der Waals surface area contributed by atoms with E-state index < -0.39 is 5.82 Å². The van der Waals surface area contributed by atoms with Crippen LogP contribution in [0.4, 0.5) is 4.39 Å². The molecule has 0 heterocycles. The molecule has 5 heteroatoms. The Morgan fingerprint density at radius 2 is 2.19 bits per heavy atom. The minimum absolute atomic E-state index is 0.116. The fourth-order valence-electron chi connectivity index (χ4n) is 1.83. The van der Waals surface area contributed by atoms with Crippen molar-refractivity contribution in [3.8, 4) is 5.75 Å². The number of benzene rings is 1. The molecule has 2 N–H and O–H groups in total. The minimum Gasteiger partial charge on any atom is -0.481 e. The van der Waals surface area contributed by atoms with Crippen molar-refractivity contribution < 1.29 is 13.9 Å². The monoisotopic (exact) mass is 294 g/mol. The number of amides is 1. The number of carbonyl (C=O) groups is 1. The maximum atomic E-state index is 13.9. The molecule has 0 bridgehead atoms. The highest BCUT2D eigenvalue weighted by molar-refractivity contribution is 5.77. The second kappa shape index (κ2) is 7.41. The Labute approximate surface area is 125 Å². The van der Waals surface area contributed by atoms with Crippen molar-refractivity contribution in [1.29, 1.82) is 0 Å². The van der Waals surface area contributed by atoms with Crippen LogP contribution in [0.2, 0.25) is 0 Å². The normalized spacial score (nSPS) is 14.3. The Balaban J connectivity index is 1.78. The molecule has 1 saturated carbocycles. The van der Waals surface area contributed by atoms with Gasteiger partial charge >= 0.3 is 0 Å². The van der Waals surface area contributed by atoms with Gasteiger partial charge in [-0.15, -0.1) is 0 Å². The Kier molecular flexibility index (Phi) is 5.56. The van der Waals surface area contributed by atoms with Gasteiger partial charge < -0.3 is 15.4 Å². The molecule has 0 aliphatic heterocycles. The summed E-state index contributed by atoms with van der Waals surface area (Å²) in [7, 11) is 0. The van der Waals surface area contributed by atoms with E-state index in [1.165, 1.54) is 18.9 Å². The Morgan fingerprint density at radius 1 is 1.43 bits per heavy atom. The van der Waals surface area contributed by atoms with Crippen molar-refractivity contribution in [2.24, 2.45) is 5.92 Å². The van der Waals surface area contributed by atoms with Gasteiger partial charge in [0.2, 0.25) is 0 Å². The van der Waals surface area contributed by atoms with Gasteiger partial charge in [0.15, 0.2) is 18.2 Å². The zero-order valence-electron chi connectivity index (χ0n) is 12.6. The molecule has 1 aromatic carbocycles. The summed E-state index contributed by atoms with van der Waals surface area (Å²) in [6, 6.07) is 5.44. The van der Waals surface area contributed by atoms with Crippen molar-refractivity contribution in [1.82, 2.24) is 10.6 Å². The molecule has 2 rings (SSSR count). The first kappa shape index (κ1) is 15.8. The van der Waals surface area contributed by atoms with Crippen LogP contribution in [-0.2, 0) is 11.3 Å². The van der Waals surface area contributed by atoms with E-state index >= 15 is 0 Å². The number of nitrogens with one attached hydrogen (secondary N) is 2.